The summed E-state index contributed by atoms with van der Waals surface area (Å²) in [5.74, 6) is 0.847. The first-order valence-electron chi connectivity index (χ1n) is 7.82. The van der Waals surface area contributed by atoms with E-state index in [4.69, 9.17) is 11.6 Å². The van der Waals surface area contributed by atoms with Gasteiger partial charge in [0.1, 0.15) is 0 Å². The van der Waals surface area contributed by atoms with Gasteiger partial charge in [-0.3, -0.25) is 0 Å². The molecule has 1 aromatic carbocycles. The van der Waals surface area contributed by atoms with Crippen molar-refractivity contribution in [1.82, 2.24) is 5.32 Å². The van der Waals surface area contributed by atoms with E-state index in [0.29, 0.717) is 0 Å². The molecule has 0 unspecified atom stereocenters. The third-order valence-electron chi connectivity index (χ3n) is 4.63. The average Bonchev–Trinajstić information content (AvgIpc) is 2.39. The molecule has 0 bridgehead atoms. The Labute approximate surface area is 129 Å². The number of rotatable bonds is 3. The Morgan fingerprint density at radius 1 is 1.20 bits per heavy atom. The monoisotopic (exact) mass is 293 g/mol. The molecule has 1 N–H and O–H groups in total. The quantitative estimate of drug-likeness (QED) is 0.810. The van der Waals surface area contributed by atoms with E-state index in [2.05, 4.69) is 45.1 Å². The molecule has 112 valence electrons. The Morgan fingerprint density at radius 3 is 2.35 bits per heavy atom. The van der Waals surface area contributed by atoms with Gasteiger partial charge in [-0.1, -0.05) is 36.7 Å². The van der Waals surface area contributed by atoms with Crippen LogP contribution in [0.2, 0.25) is 5.02 Å². The lowest BCUT2D eigenvalue weighted by molar-refractivity contribution is 0.217. The van der Waals surface area contributed by atoms with Crippen molar-refractivity contribution in [3.63, 3.8) is 0 Å². The molecular weight excluding hydrogens is 266 g/mol. The van der Waals surface area contributed by atoms with E-state index in [1.165, 1.54) is 31.2 Å². The lowest BCUT2D eigenvalue weighted by Crippen LogP contribution is -2.47. The van der Waals surface area contributed by atoms with Crippen LogP contribution in [0.1, 0.15) is 58.9 Å². The largest absolute Gasteiger partial charge is 0.311 e. The van der Waals surface area contributed by atoms with Crippen LogP contribution in [0, 0.1) is 5.92 Å². The molecule has 1 aliphatic carbocycles. The van der Waals surface area contributed by atoms with Crippen molar-refractivity contribution in [2.45, 2.75) is 64.3 Å². The third kappa shape index (κ3) is 3.77. The van der Waals surface area contributed by atoms with Crippen molar-refractivity contribution in [2.24, 2.45) is 5.92 Å². The SMILES string of the molecule is CC1CCC(CNC(C)(C)C)(c2ccccc2Cl)CC1. The van der Waals surface area contributed by atoms with E-state index < -0.39 is 0 Å². The van der Waals surface area contributed by atoms with Crippen LogP contribution in [0.5, 0.6) is 0 Å². The Bertz CT molecular complexity index is 439. The Morgan fingerprint density at radius 2 is 1.80 bits per heavy atom. The van der Waals surface area contributed by atoms with Crippen LogP contribution in [0.3, 0.4) is 0 Å². The molecule has 1 fully saturated rings. The zero-order chi connectivity index (χ0) is 14.8. The van der Waals surface area contributed by atoms with Gasteiger partial charge in [0.15, 0.2) is 0 Å². The highest BCUT2D eigenvalue weighted by molar-refractivity contribution is 6.31. The maximum absolute atomic E-state index is 6.51. The molecule has 2 rings (SSSR count). The van der Waals surface area contributed by atoms with E-state index >= 15 is 0 Å². The van der Waals surface area contributed by atoms with E-state index in [1.807, 2.05) is 12.1 Å². The van der Waals surface area contributed by atoms with E-state index in [0.717, 1.165) is 17.5 Å². The Kier molecular flexibility index (Phi) is 4.81. The first-order chi connectivity index (χ1) is 9.32. The molecule has 0 amide bonds. The predicted molar refractivity (Wildman–Crippen MR) is 88.5 cm³/mol. The first kappa shape index (κ1) is 15.9. The summed E-state index contributed by atoms with van der Waals surface area (Å²) in [6.07, 6.45) is 5.08. The molecule has 1 nitrogen and oxygen atoms in total. The van der Waals surface area contributed by atoms with Gasteiger partial charge in [-0.05, 0) is 64.0 Å². The number of hydrogen-bond acceptors (Lipinski definition) is 1. The first-order valence-corrected chi connectivity index (χ1v) is 8.20. The lowest BCUT2D eigenvalue weighted by atomic mass is 9.66. The maximum Gasteiger partial charge on any atom is 0.0444 e. The molecular formula is C18H28ClN. The van der Waals surface area contributed by atoms with Crippen LogP contribution in [0.25, 0.3) is 0 Å². The molecule has 1 aliphatic rings. The highest BCUT2D eigenvalue weighted by Gasteiger charge is 2.37. The van der Waals surface area contributed by atoms with Crippen LogP contribution in [-0.2, 0) is 5.41 Å². The zero-order valence-corrected chi connectivity index (χ0v) is 14.1. The maximum atomic E-state index is 6.51. The van der Waals surface area contributed by atoms with Crippen LogP contribution in [-0.4, -0.2) is 12.1 Å². The summed E-state index contributed by atoms with van der Waals surface area (Å²) in [5.41, 5.74) is 1.69. The molecule has 0 saturated heterocycles. The van der Waals surface area contributed by atoms with E-state index in [9.17, 15) is 0 Å². The molecule has 0 aliphatic heterocycles. The molecule has 20 heavy (non-hydrogen) atoms. The Hall–Kier alpha value is -0.530. The second kappa shape index (κ2) is 6.07. The minimum Gasteiger partial charge on any atom is -0.311 e. The van der Waals surface area contributed by atoms with Crippen molar-refractivity contribution in [3.05, 3.63) is 34.9 Å². The average molecular weight is 294 g/mol. The van der Waals surface area contributed by atoms with Crippen LogP contribution in [0.4, 0.5) is 0 Å². The molecule has 0 aromatic heterocycles. The van der Waals surface area contributed by atoms with Gasteiger partial charge >= 0.3 is 0 Å². The van der Waals surface area contributed by atoms with E-state index in [-0.39, 0.29) is 11.0 Å². The number of nitrogens with one attached hydrogen (secondary N) is 1. The topological polar surface area (TPSA) is 12.0 Å². The summed E-state index contributed by atoms with van der Waals surface area (Å²) in [6.45, 7) is 10.1. The van der Waals surface area contributed by atoms with Crippen molar-refractivity contribution in [1.29, 1.82) is 0 Å². The second-order valence-electron chi connectivity index (χ2n) is 7.55. The van der Waals surface area contributed by atoms with Crippen molar-refractivity contribution in [2.75, 3.05) is 6.54 Å². The fourth-order valence-corrected chi connectivity index (χ4v) is 3.52. The normalized spacial score (nSPS) is 27.6. The van der Waals surface area contributed by atoms with E-state index in [1.54, 1.807) is 0 Å². The summed E-state index contributed by atoms with van der Waals surface area (Å²) in [6, 6.07) is 8.41. The predicted octanol–water partition coefficient (Wildman–Crippen LogP) is 5.18. The van der Waals surface area contributed by atoms with Gasteiger partial charge in [0.25, 0.3) is 0 Å². The summed E-state index contributed by atoms with van der Waals surface area (Å²) in [4.78, 5) is 0. The van der Waals surface area contributed by atoms with Crippen molar-refractivity contribution in [3.8, 4) is 0 Å². The molecule has 0 spiro atoms. The summed E-state index contributed by atoms with van der Waals surface area (Å²) < 4.78 is 0. The zero-order valence-electron chi connectivity index (χ0n) is 13.3. The minimum absolute atomic E-state index is 0.150. The van der Waals surface area contributed by atoms with Gasteiger partial charge in [-0.25, -0.2) is 0 Å². The second-order valence-corrected chi connectivity index (χ2v) is 7.95. The minimum atomic E-state index is 0.150. The molecule has 0 atom stereocenters. The lowest BCUT2D eigenvalue weighted by Gasteiger charge is -2.42. The third-order valence-corrected chi connectivity index (χ3v) is 4.96. The molecule has 2 heteroatoms. The molecule has 0 radical (unpaired) electrons. The molecule has 1 aromatic rings. The summed E-state index contributed by atoms with van der Waals surface area (Å²) in [7, 11) is 0. The van der Waals surface area contributed by atoms with Crippen LogP contribution >= 0.6 is 11.6 Å². The van der Waals surface area contributed by atoms with Gasteiger partial charge in [0.2, 0.25) is 0 Å². The van der Waals surface area contributed by atoms with Gasteiger partial charge in [-0.2, -0.15) is 0 Å². The highest BCUT2D eigenvalue weighted by Crippen LogP contribution is 2.43. The number of hydrogen-bond donors (Lipinski definition) is 1. The fraction of sp³-hybridized carbons (Fsp3) is 0.667. The van der Waals surface area contributed by atoms with Crippen molar-refractivity contribution < 1.29 is 0 Å². The number of halogens is 1. The standard InChI is InChI=1S/C18H28ClN/c1-14-9-11-18(12-10-14,13-20-17(2,3)4)15-7-5-6-8-16(15)19/h5-8,14,20H,9-13H2,1-4H3. The fourth-order valence-electron chi connectivity index (χ4n) is 3.18. The van der Waals surface area contributed by atoms with Gasteiger partial charge in [-0.15, -0.1) is 0 Å². The smallest absolute Gasteiger partial charge is 0.0444 e. The van der Waals surface area contributed by atoms with Gasteiger partial charge < -0.3 is 5.32 Å². The summed E-state index contributed by atoms with van der Waals surface area (Å²) >= 11 is 6.51. The van der Waals surface area contributed by atoms with Crippen LogP contribution in [0.15, 0.2) is 24.3 Å². The highest BCUT2D eigenvalue weighted by atomic mass is 35.5. The molecule has 1 saturated carbocycles. The molecule has 0 heterocycles. The summed E-state index contributed by atoms with van der Waals surface area (Å²) in [5, 5.41) is 4.64. The van der Waals surface area contributed by atoms with Crippen LogP contribution < -0.4 is 5.32 Å². The van der Waals surface area contributed by atoms with Gasteiger partial charge in [0.05, 0.1) is 0 Å². The van der Waals surface area contributed by atoms with Crippen molar-refractivity contribution >= 4 is 11.6 Å². The Balaban J connectivity index is 2.27. The van der Waals surface area contributed by atoms with Gasteiger partial charge in [0, 0.05) is 22.5 Å². The number of benzene rings is 1.